The van der Waals surface area contributed by atoms with Gasteiger partial charge in [0.15, 0.2) is 0 Å². The molecule has 2 rings (SSSR count). The Morgan fingerprint density at radius 3 is 2.68 bits per heavy atom. The molecule has 5 heteroatoms. The summed E-state index contributed by atoms with van der Waals surface area (Å²) in [4.78, 5) is 13.8. The number of ether oxygens (including phenoxy) is 1. The van der Waals surface area contributed by atoms with Crippen molar-refractivity contribution in [1.82, 2.24) is 9.47 Å². The maximum absolute atomic E-state index is 12.1. The fourth-order valence-corrected chi connectivity index (χ4v) is 2.33. The lowest BCUT2D eigenvalue weighted by molar-refractivity contribution is 0.0126. The van der Waals surface area contributed by atoms with E-state index in [0.29, 0.717) is 18.8 Å². The Morgan fingerprint density at radius 1 is 1.42 bits per heavy atom. The molecule has 0 N–H and O–H groups in total. The van der Waals surface area contributed by atoms with Crippen molar-refractivity contribution in [2.75, 3.05) is 6.54 Å². The van der Waals surface area contributed by atoms with E-state index in [0.717, 1.165) is 5.69 Å². The molecule has 0 saturated carbocycles. The van der Waals surface area contributed by atoms with E-state index in [2.05, 4.69) is 6.07 Å². The third kappa shape index (κ3) is 2.58. The molecule has 19 heavy (non-hydrogen) atoms. The van der Waals surface area contributed by atoms with Crippen LogP contribution in [0.2, 0.25) is 0 Å². The van der Waals surface area contributed by atoms with E-state index >= 15 is 0 Å². The molecule has 0 saturated heterocycles. The summed E-state index contributed by atoms with van der Waals surface area (Å²) in [5, 5.41) is 9.02. The SMILES string of the molecule is C[C@H]1c2ccc(C#N)n2CCN1C(=O)OC(C)(C)C. The third-order valence-electron chi connectivity index (χ3n) is 3.22. The van der Waals surface area contributed by atoms with Crippen molar-refractivity contribution in [3.63, 3.8) is 0 Å². The van der Waals surface area contributed by atoms with Crippen LogP contribution < -0.4 is 0 Å². The predicted molar refractivity (Wildman–Crippen MR) is 70.5 cm³/mol. The van der Waals surface area contributed by atoms with Crippen molar-refractivity contribution in [2.45, 2.75) is 45.9 Å². The highest BCUT2D eigenvalue weighted by Crippen LogP contribution is 2.28. The van der Waals surface area contributed by atoms with Gasteiger partial charge in [-0.2, -0.15) is 5.26 Å². The number of rotatable bonds is 0. The summed E-state index contributed by atoms with van der Waals surface area (Å²) < 4.78 is 7.37. The molecule has 1 amide bonds. The van der Waals surface area contributed by atoms with E-state index in [4.69, 9.17) is 10.00 Å². The molecular formula is C14H19N3O2. The lowest BCUT2D eigenvalue weighted by atomic mass is 10.1. The van der Waals surface area contributed by atoms with Crippen LogP contribution in [0, 0.1) is 11.3 Å². The molecule has 0 aliphatic carbocycles. The van der Waals surface area contributed by atoms with Gasteiger partial charge in [0.05, 0.1) is 6.04 Å². The third-order valence-corrected chi connectivity index (χ3v) is 3.22. The minimum Gasteiger partial charge on any atom is -0.444 e. The second-order valence-electron chi connectivity index (χ2n) is 5.76. The standard InChI is InChI=1S/C14H19N3O2/c1-10-12-6-5-11(9-15)17(12)8-7-16(10)13(18)19-14(2,3)4/h5-6,10H,7-8H2,1-4H3/t10-/m0/s1. The molecule has 1 atom stereocenters. The van der Waals surface area contributed by atoms with Crippen LogP contribution in [0.5, 0.6) is 0 Å². The first-order valence-corrected chi connectivity index (χ1v) is 6.42. The molecule has 5 nitrogen and oxygen atoms in total. The van der Waals surface area contributed by atoms with Crippen LogP contribution in [-0.4, -0.2) is 27.7 Å². The van der Waals surface area contributed by atoms with Crippen molar-refractivity contribution in [3.05, 3.63) is 23.5 Å². The average Bonchev–Trinajstić information content (AvgIpc) is 2.70. The zero-order valence-corrected chi connectivity index (χ0v) is 11.8. The second kappa shape index (κ2) is 4.61. The molecule has 0 bridgehead atoms. The van der Waals surface area contributed by atoms with Gasteiger partial charge in [0, 0.05) is 18.8 Å². The first kappa shape index (κ1) is 13.5. The Bertz CT molecular complexity index is 534. The van der Waals surface area contributed by atoms with Gasteiger partial charge < -0.3 is 9.30 Å². The number of fused-ring (bicyclic) bond motifs is 1. The van der Waals surface area contributed by atoms with Crippen molar-refractivity contribution >= 4 is 6.09 Å². The first-order valence-electron chi connectivity index (χ1n) is 6.42. The highest BCUT2D eigenvalue weighted by molar-refractivity contribution is 5.69. The van der Waals surface area contributed by atoms with Crippen LogP contribution >= 0.6 is 0 Å². The second-order valence-corrected chi connectivity index (χ2v) is 5.76. The van der Waals surface area contributed by atoms with Crippen molar-refractivity contribution in [1.29, 1.82) is 5.26 Å². The van der Waals surface area contributed by atoms with E-state index in [1.807, 2.05) is 38.3 Å². The smallest absolute Gasteiger partial charge is 0.410 e. The molecule has 0 radical (unpaired) electrons. The number of nitrogens with zero attached hydrogens (tertiary/aromatic N) is 3. The van der Waals surface area contributed by atoms with Gasteiger partial charge in [-0.15, -0.1) is 0 Å². The van der Waals surface area contributed by atoms with Crippen LogP contribution in [0.15, 0.2) is 12.1 Å². The van der Waals surface area contributed by atoms with Crippen LogP contribution in [0.1, 0.15) is 45.1 Å². The van der Waals surface area contributed by atoms with E-state index in [-0.39, 0.29) is 12.1 Å². The molecule has 1 aromatic heterocycles. The number of carbonyl (C=O) groups excluding carboxylic acids is 1. The number of hydrogen-bond donors (Lipinski definition) is 0. The number of nitriles is 1. The fraction of sp³-hybridized carbons (Fsp3) is 0.571. The Hall–Kier alpha value is -1.96. The zero-order chi connectivity index (χ0) is 14.2. The van der Waals surface area contributed by atoms with Gasteiger partial charge in [-0.05, 0) is 39.8 Å². The van der Waals surface area contributed by atoms with Crippen LogP contribution in [0.25, 0.3) is 0 Å². The van der Waals surface area contributed by atoms with Crippen molar-refractivity contribution in [2.24, 2.45) is 0 Å². The Labute approximate surface area is 113 Å². The first-order chi connectivity index (χ1) is 8.83. The quantitative estimate of drug-likeness (QED) is 0.721. The summed E-state index contributed by atoms with van der Waals surface area (Å²) in [6, 6.07) is 5.79. The average molecular weight is 261 g/mol. The maximum atomic E-state index is 12.1. The molecule has 0 fully saturated rings. The summed E-state index contributed by atoms with van der Waals surface area (Å²) in [7, 11) is 0. The van der Waals surface area contributed by atoms with Crippen molar-refractivity contribution < 1.29 is 9.53 Å². The van der Waals surface area contributed by atoms with Gasteiger partial charge in [0.2, 0.25) is 0 Å². The molecule has 102 valence electrons. The van der Waals surface area contributed by atoms with E-state index in [9.17, 15) is 4.79 Å². The topological polar surface area (TPSA) is 58.3 Å². The number of amides is 1. The minimum absolute atomic E-state index is 0.0781. The lowest BCUT2D eigenvalue weighted by Gasteiger charge is -2.36. The molecule has 2 heterocycles. The lowest BCUT2D eigenvalue weighted by Crippen LogP contribution is -2.43. The van der Waals surface area contributed by atoms with Crippen LogP contribution in [-0.2, 0) is 11.3 Å². The summed E-state index contributed by atoms with van der Waals surface area (Å²) in [5.41, 5.74) is 1.13. The predicted octanol–water partition coefficient (Wildman–Crippen LogP) is 2.67. The number of hydrogen-bond acceptors (Lipinski definition) is 3. The number of aromatic nitrogens is 1. The largest absolute Gasteiger partial charge is 0.444 e. The molecule has 1 aliphatic rings. The van der Waals surface area contributed by atoms with E-state index in [1.54, 1.807) is 11.0 Å². The summed E-state index contributed by atoms with van der Waals surface area (Å²) in [5.74, 6) is 0. The van der Waals surface area contributed by atoms with Crippen molar-refractivity contribution in [3.8, 4) is 6.07 Å². The molecule has 0 unspecified atom stereocenters. The molecule has 1 aromatic rings. The molecule has 1 aliphatic heterocycles. The van der Waals surface area contributed by atoms with E-state index < -0.39 is 5.60 Å². The van der Waals surface area contributed by atoms with Crippen LogP contribution in [0.4, 0.5) is 4.79 Å². The number of carbonyl (C=O) groups is 1. The Morgan fingerprint density at radius 2 is 2.11 bits per heavy atom. The van der Waals surface area contributed by atoms with Gasteiger partial charge in [0.25, 0.3) is 0 Å². The van der Waals surface area contributed by atoms with Gasteiger partial charge in [0.1, 0.15) is 17.4 Å². The Kier molecular flexibility index (Phi) is 3.27. The fourth-order valence-electron chi connectivity index (χ4n) is 2.33. The monoisotopic (exact) mass is 261 g/mol. The normalized spacial score (nSPS) is 18.7. The van der Waals surface area contributed by atoms with Gasteiger partial charge in [-0.25, -0.2) is 4.79 Å². The highest BCUT2D eigenvalue weighted by Gasteiger charge is 2.31. The maximum Gasteiger partial charge on any atom is 0.410 e. The molecular weight excluding hydrogens is 242 g/mol. The van der Waals surface area contributed by atoms with E-state index in [1.165, 1.54) is 0 Å². The molecule has 0 spiro atoms. The van der Waals surface area contributed by atoms with Gasteiger partial charge in [-0.3, -0.25) is 4.90 Å². The summed E-state index contributed by atoms with van der Waals surface area (Å²) in [6.07, 6.45) is -0.300. The minimum atomic E-state index is -0.492. The molecule has 0 aromatic carbocycles. The van der Waals surface area contributed by atoms with Gasteiger partial charge in [-0.1, -0.05) is 0 Å². The zero-order valence-electron chi connectivity index (χ0n) is 11.8. The van der Waals surface area contributed by atoms with Gasteiger partial charge >= 0.3 is 6.09 Å². The Balaban J connectivity index is 2.20. The van der Waals surface area contributed by atoms with Crippen LogP contribution in [0.3, 0.4) is 0 Å². The highest BCUT2D eigenvalue weighted by atomic mass is 16.6. The summed E-state index contributed by atoms with van der Waals surface area (Å²) >= 11 is 0. The summed E-state index contributed by atoms with van der Waals surface area (Å²) in [6.45, 7) is 8.72.